The minimum atomic E-state index is -0.351. The Hall–Kier alpha value is -0.680. The van der Waals surface area contributed by atoms with Crippen molar-refractivity contribution in [3.63, 3.8) is 0 Å². The molecular weight excluding hydrogens is 267 g/mol. The smallest absolute Gasteiger partial charge is 0.142 e. The number of rotatable bonds is 5. The van der Waals surface area contributed by atoms with E-state index >= 15 is 0 Å². The van der Waals surface area contributed by atoms with Gasteiger partial charge in [-0.3, -0.25) is 4.90 Å². The van der Waals surface area contributed by atoms with Crippen molar-refractivity contribution < 1.29 is 9.13 Å². The summed E-state index contributed by atoms with van der Waals surface area (Å²) in [6.45, 7) is 6.99. The molecule has 2 rings (SSSR count). The van der Waals surface area contributed by atoms with E-state index in [0.717, 1.165) is 45.0 Å². The average Bonchev–Trinajstić information content (AvgIpc) is 2.42. The van der Waals surface area contributed by atoms with Crippen LogP contribution >= 0.6 is 11.6 Å². The molecule has 0 saturated carbocycles. The number of likely N-dealkylation sites (N-methyl/N-ethyl adjacent to an activating group) is 1. The second-order valence-electron chi connectivity index (χ2n) is 4.76. The average molecular weight is 287 g/mol. The maximum Gasteiger partial charge on any atom is 0.142 e. The third-order valence-electron chi connectivity index (χ3n) is 3.35. The molecule has 1 unspecified atom stereocenters. The van der Waals surface area contributed by atoms with E-state index < -0.39 is 0 Å². The molecule has 1 saturated heterocycles. The lowest BCUT2D eigenvalue weighted by molar-refractivity contribution is -0.0107. The molecule has 1 atom stereocenters. The highest BCUT2D eigenvalue weighted by molar-refractivity contribution is 6.30. The molecule has 1 aromatic rings. The Labute approximate surface area is 118 Å². The van der Waals surface area contributed by atoms with Gasteiger partial charge in [0.1, 0.15) is 5.82 Å². The van der Waals surface area contributed by atoms with Crippen LogP contribution in [0.5, 0.6) is 0 Å². The molecule has 1 heterocycles. The number of hydrogen-bond donors (Lipinski definition) is 1. The Balaban J connectivity index is 1.99. The molecule has 0 bridgehead atoms. The molecule has 1 aromatic carbocycles. The Morgan fingerprint density at radius 2 is 2.37 bits per heavy atom. The second-order valence-corrected chi connectivity index (χ2v) is 5.16. The molecule has 5 heteroatoms. The molecule has 106 valence electrons. The first-order valence-electron chi connectivity index (χ1n) is 6.67. The fourth-order valence-electron chi connectivity index (χ4n) is 2.27. The lowest BCUT2D eigenvalue weighted by Crippen LogP contribution is -2.49. The summed E-state index contributed by atoms with van der Waals surface area (Å²) in [6, 6.07) is 5.35. The number of nitrogens with zero attached hydrogens (tertiary/aromatic N) is 1. The second kappa shape index (κ2) is 7.20. The third kappa shape index (κ3) is 4.14. The highest BCUT2D eigenvalue weighted by Gasteiger charge is 2.22. The first-order chi connectivity index (χ1) is 9.20. The van der Waals surface area contributed by atoms with Crippen LogP contribution in [0.2, 0.25) is 5.02 Å². The topological polar surface area (TPSA) is 24.5 Å². The zero-order chi connectivity index (χ0) is 13.7. The summed E-state index contributed by atoms with van der Waals surface area (Å²) in [5.74, 6) is -0.351. The summed E-state index contributed by atoms with van der Waals surface area (Å²) >= 11 is 5.70. The van der Waals surface area contributed by atoms with Gasteiger partial charge in [0.2, 0.25) is 0 Å². The third-order valence-corrected chi connectivity index (χ3v) is 3.66. The monoisotopic (exact) mass is 286 g/mol. The van der Waals surface area contributed by atoms with Crippen LogP contribution in [0, 0.1) is 5.82 Å². The maximum absolute atomic E-state index is 13.4. The van der Waals surface area contributed by atoms with E-state index in [-0.39, 0.29) is 10.8 Å². The summed E-state index contributed by atoms with van der Waals surface area (Å²) in [5.41, 5.74) is 0.949. The van der Waals surface area contributed by atoms with Gasteiger partial charge in [0.15, 0.2) is 0 Å². The van der Waals surface area contributed by atoms with Gasteiger partial charge in [0.05, 0.1) is 18.2 Å². The lowest BCUT2D eigenvalue weighted by atomic mass is 10.1. The zero-order valence-corrected chi connectivity index (χ0v) is 11.9. The molecule has 0 aliphatic carbocycles. The number of benzene rings is 1. The van der Waals surface area contributed by atoms with E-state index in [1.807, 2.05) is 6.07 Å². The minimum absolute atomic E-state index is 0.176. The highest BCUT2D eigenvalue weighted by atomic mass is 35.5. The molecule has 3 nitrogen and oxygen atoms in total. The van der Waals surface area contributed by atoms with Crippen LogP contribution in [-0.2, 0) is 11.3 Å². The number of nitrogens with one attached hydrogen (secondary N) is 1. The molecular formula is C14H20ClFN2O. The van der Waals surface area contributed by atoms with Crippen molar-refractivity contribution in [2.24, 2.45) is 0 Å². The van der Waals surface area contributed by atoms with Crippen LogP contribution in [0.25, 0.3) is 0 Å². The first-order valence-corrected chi connectivity index (χ1v) is 7.05. The number of ether oxygens (including phenoxy) is 1. The van der Waals surface area contributed by atoms with Crippen LogP contribution in [0.1, 0.15) is 12.5 Å². The molecule has 19 heavy (non-hydrogen) atoms. The Morgan fingerprint density at radius 1 is 1.53 bits per heavy atom. The summed E-state index contributed by atoms with van der Waals surface area (Å²) in [6.07, 6.45) is 0. The summed E-state index contributed by atoms with van der Waals surface area (Å²) in [7, 11) is 0. The molecule has 1 aliphatic heterocycles. The van der Waals surface area contributed by atoms with E-state index in [4.69, 9.17) is 16.3 Å². The lowest BCUT2D eigenvalue weighted by Gasteiger charge is -2.35. The molecule has 1 fully saturated rings. The molecule has 0 amide bonds. The van der Waals surface area contributed by atoms with Crippen LogP contribution in [0.15, 0.2) is 18.2 Å². The molecule has 1 aliphatic rings. The van der Waals surface area contributed by atoms with Crippen LogP contribution in [0.4, 0.5) is 4.39 Å². The van der Waals surface area contributed by atoms with Crippen LogP contribution in [0.3, 0.4) is 0 Å². The van der Waals surface area contributed by atoms with Crippen molar-refractivity contribution in [3.05, 3.63) is 34.6 Å². The van der Waals surface area contributed by atoms with Gasteiger partial charge in [0, 0.05) is 25.7 Å². The minimum Gasteiger partial charge on any atom is -0.378 e. The van der Waals surface area contributed by atoms with Gasteiger partial charge >= 0.3 is 0 Å². The van der Waals surface area contributed by atoms with Crippen molar-refractivity contribution in [2.75, 3.05) is 32.8 Å². The highest BCUT2D eigenvalue weighted by Crippen LogP contribution is 2.18. The number of hydrogen-bond acceptors (Lipinski definition) is 3. The summed E-state index contributed by atoms with van der Waals surface area (Å²) in [4.78, 5) is 2.33. The fourth-order valence-corrected chi connectivity index (χ4v) is 2.39. The van der Waals surface area contributed by atoms with E-state index in [2.05, 4.69) is 17.1 Å². The van der Waals surface area contributed by atoms with E-state index in [1.54, 1.807) is 6.07 Å². The van der Waals surface area contributed by atoms with Gasteiger partial charge in [-0.1, -0.05) is 24.6 Å². The number of morpholine rings is 1. The SMILES string of the molecule is CCNCC1COCCN1Cc1ccc(Cl)c(F)c1. The largest absolute Gasteiger partial charge is 0.378 e. The van der Waals surface area contributed by atoms with Crippen molar-refractivity contribution >= 4 is 11.6 Å². The van der Waals surface area contributed by atoms with Crippen LogP contribution in [-0.4, -0.2) is 43.8 Å². The zero-order valence-electron chi connectivity index (χ0n) is 11.2. The predicted molar refractivity (Wildman–Crippen MR) is 75.0 cm³/mol. The molecule has 0 aromatic heterocycles. The Morgan fingerprint density at radius 3 is 3.11 bits per heavy atom. The summed E-state index contributed by atoms with van der Waals surface area (Å²) in [5, 5.41) is 3.51. The van der Waals surface area contributed by atoms with Gasteiger partial charge < -0.3 is 10.1 Å². The summed E-state index contributed by atoms with van der Waals surface area (Å²) < 4.78 is 19.0. The van der Waals surface area contributed by atoms with E-state index in [1.165, 1.54) is 6.07 Å². The predicted octanol–water partition coefficient (Wildman–Crippen LogP) is 2.29. The van der Waals surface area contributed by atoms with Crippen molar-refractivity contribution in [1.29, 1.82) is 0 Å². The quantitative estimate of drug-likeness (QED) is 0.899. The Kier molecular flexibility index (Phi) is 5.58. The van der Waals surface area contributed by atoms with Crippen molar-refractivity contribution in [3.8, 4) is 0 Å². The number of halogens is 2. The Bertz CT molecular complexity index is 416. The van der Waals surface area contributed by atoms with Gasteiger partial charge in [-0.25, -0.2) is 4.39 Å². The first kappa shape index (κ1) is 14.7. The van der Waals surface area contributed by atoms with Gasteiger partial charge in [-0.2, -0.15) is 0 Å². The van der Waals surface area contributed by atoms with Crippen LogP contribution < -0.4 is 5.32 Å². The van der Waals surface area contributed by atoms with Gasteiger partial charge in [-0.15, -0.1) is 0 Å². The normalized spacial score (nSPS) is 20.7. The maximum atomic E-state index is 13.4. The van der Waals surface area contributed by atoms with E-state index in [9.17, 15) is 4.39 Å². The molecule has 0 radical (unpaired) electrons. The van der Waals surface area contributed by atoms with Crippen molar-refractivity contribution in [2.45, 2.75) is 19.5 Å². The van der Waals surface area contributed by atoms with E-state index in [0.29, 0.717) is 6.04 Å². The standard InChI is InChI=1S/C14H20ClFN2O/c1-2-17-8-12-10-19-6-5-18(12)9-11-3-4-13(15)14(16)7-11/h3-4,7,12,17H,2,5-6,8-10H2,1H3. The van der Waals surface area contributed by atoms with Gasteiger partial charge in [0.25, 0.3) is 0 Å². The molecule has 0 spiro atoms. The molecule has 1 N–H and O–H groups in total. The van der Waals surface area contributed by atoms with Crippen molar-refractivity contribution in [1.82, 2.24) is 10.2 Å². The fraction of sp³-hybridized carbons (Fsp3) is 0.571. The van der Waals surface area contributed by atoms with Gasteiger partial charge in [-0.05, 0) is 24.2 Å².